The van der Waals surface area contributed by atoms with Crippen molar-refractivity contribution in [3.63, 3.8) is 0 Å². The molecule has 0 radical (unpaired) electrons. The molecule has 2 aromatic heterocycles. The Labute approximate surface area is 196 Å². The van der Waals surface area contributed by atoms with Gasteiger partial charge in [0, 0.05) is 25.0 Å². The quantitative estimate of drug-likeness (QED) is 0.472. The highest BCUT2D eigenvalue weighted by Gasteiger charge is 2.35. The minimum atomic E-state index is -3.50. The molecular formula is C23H24N6O4S. The Morgan fingerprint density at radius 1 is 1.29 bits per heavy atom. The van der Waals surface area contributed by atoms with Crippen LogP contribution in [0.2, 0.25) is 0 Å². The summed E-state index contributed by atoms with van der Waals surface area (Å²) in [6.07, 6.45) is 4.39. The summed E-state index contributed by atoms with van der Waals surface area (Å²) in [5, 5.41) is 17.4. The lowest BCUT2D eigenvalue weighted by molar-refractivity contribution is 0.101. The van der Waals surface area contributed by atoms with E-state index in [9.17, 15) is 23.3 Å². The van der Waals surface area contributed by atoms with Gasteiger partial charge in [0.15, 0.2) is 11.6 Å². The smallest absolute Gasteiger partial charge is 0.261 e. The van der Waals surface area contributed by atoms with Crippen LogP contribution in [0.5, 0.6) is 0 Å². The molecule has 1 aliphatic carbocycles. The summed E-state index contributed by atoms with van der Waals surface area (Å²) in [6, 6.07) is 8.23. The van der Waals surface area contributed by atoms with Gasteiger partial charge in [0.1, 0.15) is 5.39 Å². The van der Waals surface area contributed by atoms with Crippen molar-refractivity contribution in [1.82, 2.24) is 19.1 Å². The number of nitrogens with one attached hydrogen (secondary N) is 2. The van der Waals surface area contributed by atoms with Crippen LogP contribution in [0.15, 0.2) is 40.2 Å². The highest BCUT2D eigenvalue weighted by atomic mass is 32.2. The van der Waals surface area contributed by atoms with Crippen LogP contribution in [0.25, 0.3) is 10.9 Å². The Morgan fingerprint density at radius 3 is 2.56 bits per heavy atom. The van der Waals surface area contributed by atoms with Gasteiger partial charge in [-0.2, -0.15) is 14.7 Å². The van der Waals surface area contributed by atoms with E-state index in [1.807, 2.05) is 0 Å². The third-order valence-corrected chi connectivity index (χ3v) is 8.38. The lowest BCUT2D eigenvalue weighted by Crippen LogP contribution is -2.41. The maximum Gasteiger partial charge on any atom is 0.261 e. The fourth-order valence-corrected chi connectivity index (χ4v) is 5.85. The molecular weight excluding hydrogens is 456 g/mol. The number of benzene rings is 1. The van der Waals surface area contributed by atoms with E-state index in [2.05, 4.69) is 21.5 Å². The molecule has 2 aliphatic rings. The number of ketones is 1. The van der Waals surface area contributed by atoms with Gasteiger partial charge in [-0.15, -0.1) is 0 Å². The number of nitriles is 1. The molecule has 2 N–H and O–H groups in total. The zero-order valence-electron chi connectivity index (χ0n) is 18.6. The van der Waals surface area contributed by atoms with E-state index in [1.165, 1.54) is 29.6 Å². The SMILES string of the molecule is CC(=O)c1c[nH]c(=O)c2c(Nc3ccc(S(=O)(=O)N4CCC4)cc3)nn([C@@H](CC#N)C3CC3)c12. The summed E-state index contributed by atoms with van der Waals surface area (Å²) < 4.78 is 28.3. The molecule has 0 bridgehead atoms. The van der Waals surface area contributed by atoms with Crippen LogP contribution in [0, 0.1) is 17.2 Å². The molecule has 0 unspecified atom stereocenters. The first-order valence-corrected chi connectivity index (χ1v) is 12.6. The first-order valence-electron chi connectivity index (χ1n) is 11.2. The number of pyridine rings is 1. The number of hydrogen-bond donors (Lipinski definition) is 2. The predicted octanol–water partition coefficient (Wildman–Crippen LogP) is 2.93. The van der Waals surface area contributed by atoms with Crippen molar-refractivity contribution in [3.8, 4) is 6.07 Å². The third-order valence-electron chi connectivity index (χ3n) is 6.47. The second-order valence-electron chi connectivity index (χ2n) is 8.78. The summed E-state index contributed by atoms with van der Waals surface area (Å²) in [6.45, 7) is 2.47. The van der Waals surface area contributed by atoms with Gasteiger partial charge in [0.2, 0.25) is 10.0 Å². The number of aromatic nitrogens is 3. The maximum absolute atomic E-state index is 12.8. The van der Waals surface area contributed by atoms with Gasteiger partial charge in [0.25, 0.3) is 5.56 Å². The second-order valence-corrected chi connectivity index (χ2v) is 10.7. The first-order chi connectivity index (χ1) is 16.3. The van der Waals surface area contributed by atoms with Crippen molar-refractivity contribution in [2.24, 2.45) is 5.92 Å². The van der Waals surface area contributed by atoms with Crippen LogP contribution in [0.1, 0.15) is 49.0 Å². The van der Waals surface area contributed by atoms with E-state index >= 15 is 0 Å². The van der Waals surface area contributed by atoms with Crippen molar-refractivity contribution in [2.45, 2.75) is 43.5 Å². The van der Waals surface area contributed by atoms with Gasteiger partial charge in [-0.3, -0.25) is 14.3 Å². The molecule has 176 valence electrons. The molecule has 1 atom stereocenters. The Kier molecular flexibility index (Phi) is 5.50. The van der Waals surface area contributed by atoms with E-state index in [4.69, 9.17) is 0 Å². The van der Waals surface area contributed by atoms with Crippen LogP contribution < -0.4 is 10.9 Å². The molecule has 3 aromatic rings. The van der Waals surface area contributed by atoms with E-state index in [-0.39, 0.29) is 40.3 Å². The monoisotopic (exact) mass is 480 g/mol. The minimum absolute atomic E-state index is 0.202. The lowest BCUT2D eigenvalue weighted by atomic mass is 10.1. The first kappa shape index (κ1) is 22.3. The van der Waals surface area contributed by atoms with Crippen LogP contribution in [-0.2, 0) is 10.0 Å². The van der Waals surface area contributed by atoms with Gasteiger partial charge in [-0.05, 0) is 56.4 Å². The molecule has 1 saturated heterocycles. The number of rotatable bonds is 8. The zero-order chi connectivity index (χ0) is 24.0. The Hall–Kier alpha value is -3.49. The maximum atomic E-state index is 12.8. The average molecular weight is 481 g/mol. The number of aromatic amines is 1. The molecule has 5 rings (SSSR count). The second kappa shape index (κ2) is 8.38. The van der Waals surface area contributed by atoms with Gasteiger partial charge in [-0.25, -0.2) is 8.42 Å². The number of hydrogen-bond acceptors (Lipinski definition) is 7. The standard InChI is InChI=1S/C23H24N6O4S/c1-14(30)18-13-25-23(31)20-21(18)29(19(9-10-24)15-3-4-15)27-22(20)26-16-5-7-17(8-6-16)34(32,33)28-11-2-12-28/h5-8,13,15,19H,2-4,9,11-12H2,1H3,(H,25,31)(H,26,27)/t19-/m0/s1. The molecule has 1 aromatic carbocycles. The zero-order valence-corrected chi connectivity index (χ0v) is 19.4. The average Bonchev–Trinajstić information content (AvgIpc) is 3.53. The lowest BCUT2D eigenvalue weighted by Gasteiger charge is -2.29. The summed E-state index contributed by atoms with van der Waals surface area (Å²) in [7, 11) is -3.50. The predicted molar refractivity (Wildman–Crippen MR) is 125 cm³/mol. The molecule has 11 heteroatoms. The van der Waals surface area contributed by atoms with Crippen molar-refractivity contribution in [1.29, 1.82) is 5.26 Å². The Morgan fingerprint density at radius 2 is 2.00 bits per heavy atom. The number of H-pyrrole nitrogens is 1. The largest absolute Gasteiger partial charge is 0.338 e. The van der Waals surface area contributed by atoms with E-state index < -0.39 is 15.6 Å². The fourth-order valence-electron chi connectivity index (χ4n) is 4.33. The number of anilines is 2. The van der Waals surface area contributed by atoms with Crippen molar-refractivity contribution < 1.29 is 13.2 Å². The number of nitrogens with zero attached hydrogens (tertiary/aromatic N) is 4. The molecule has 2 fully saturated rings. The van der Waals surface area contributed by atoms with E-state index in [1.54, 1.807) is 16.8 Å². The van der Waals surface area contributed by atoms with Gasteiger partial charge >= 0.3 is 0 Å². The number of Topliss-reactive ketones (excluding diaryl/α,β-unsaturated/α-hetero) is 1. The third kappa shape index (κ3) is 3.78. The van der Waals surface area contributed by atoms with Crippen molar-refractivity contribution >= 4 is 38.2 Å². The Bertz CT molecular complexity index is 1470. The fraction of sp³-hybridized carbons (Fsp3) is 0.391. The van der Waals surface area contributed by atoms with E-state index in [0.717, 1.165) is 19.3 Å². The summed E-state index contributed by atoms with van der Waals surface area (Å²) in [5.41, 5.74) is 0.875. The molecule has 0 spiro atoms. The van der Waals surface area contributed by atoms with Crippen LogP contribution >= 0.6 is 0 Å². The topological polar surface area (TPSA) is 141 Å². The molecule has 1 saturated carbocycles. The summed E-state index contributed by atoms with van der Waals surface area (Å²) in [5.74, 6) is 0.294. The molecule has 34 heavy (non-hydrogen) atoms. The summed E-state index contributed by atoms with van der Waals surface area (Å²) in [4.78, 5) is 28.0. The van der Waals surface area contributed by atoms with Crippen LogP contribution in [0.4, 0.5) is 11.5 Å². The van der Waals surface area contributed by atoms with E-state index in [0.29, 0.717) is 29.9 Å². The Balaban J connectivity index is 1.57. The normalized spacial score (nSPS) is 17.2. The van der Waals surface area contributed by atoms with Gasteiger partial charge in [0.05, 0.1) is 34.5 Å². The van der Waals surface area contributed by atoms with Crippen LogP contribution in [-0.4, -0.2) is 46.4 Å². The van der Waals surface area contributed by atoms with Crippen molar-refractivity contribution in [3.05, 3.63) is 46.4 Å². The number of carbonyl (C=O) groups is 1. The van der Waals surface area contributed by atoms with Gasteiger partial charge < -0.3 is 10.3 Å². The highest BCUT2D eigenvalue weighted by molar-refractivity contribution is 7.89. The minimum Gasteiger partial charge on any atom is -0.338 e. The molecule has 0 amide bonds. The van der Waals surface area contributed by atoms with Gasteiger partial charge in [-0.1, -0.05) is 0 Å². The molecule has 3 heterocycles. The number of carbonyl (C=O) groups excluding carboxylic acids is 1. The number of fused-ring (bicyclic) bond motifs is 1. The highest BCUT2D eigenvalue weighted by Crippen LogP contribution is 2.43. The molecule has 1 aliphatic heterocycles. The summed E-state index contributed by atoms with van der Waals surface area (Å²) >= 11 is 0. The number of sulfonamides is 1. The van der Waals surface area contributed by atoms with Crippen molar-refractivity contribution in [2.75, 3.05) is 18.4 Å². The van der Waals surface area contributed by atoms with Crippen LogP contribution in [0.3, 0.4) is 0 Å². The molecule has 10 nitrogen and oxygen atoms in total.